The van der Waals surface area contributed by atoms with Crippen LogP contribution in [0.15, 0.2) is 29.6 Å². The van der Waals surface area contributed by atoms with Gasteiger partial charge in [0.15, 0.2) is 0 Å². The molecule has 2 rings (SSSR count). The first-order chi connectivity index (χ1) is 6.61. The summed E-state index contributed by atoms with van der Waals surface area (Å²) in [6.07, 6.45) is 0. The van der Waals surface area contributed by atoms with Gasteiger partial charge in [0.1, 0.15) is 0 Å². The van der Waals surface area contributed by atoms with Crippen LogP contribution in [0.4, 0.5) is 0 Å². The van der Waals surface area contributed by atoms with Crippen molar-refractivity contribution < 1.29 is 0 Å². The molecule has 0 N–H and O–H groups in total. The number of thiophene rings is 1. The Morgan fingerprint density at radius 1 is 1.07 bits per heavy atom. The minimum absolute atomic E-state index is 0.833. The Morgan fingerprint density at radius 2 is 1.64 bits per heavy atom. The van der Waals surface area contributed by atoms with Gasteiger partial charge in [-0.2, -0.15) is 0 Å². The number of hydrogen-bond donors (Lipinski definition) is 0. The first-order valence-corrected chi connectivity index (χ1v) is 5.92. The van der Waals surface area contributed by atoms with E-state index in [1.165, 1.54) is 15.6 Å². The lowest BCUT2D eigenvalue weighted by molar-refractivity contribution is 0.737. The van der Waals surface area contributed by atoms with Crippen molar-refractivity contribution in [1.29, 1.82) is 0 Å². The predicted molar refractivity (Wildman–Crippen MR) is 67.1 cm³/mol. The van der Waals surface area contributed by atoms with E-state index in [-0.39, 0.29) is 0 Å². The van der Waals surface area contributed by atoms with Crippen LogP contribution in [0.5, 0.6) is 0 Å². The van der Waals surface area contributed by atoms with Crippen LogP contribution in [0.1, 0.15) is 26.3 Å². The van der Waals surface area contributed by atoms with Crippen molar-refractivity contribution in [1.82, 2.24) is 0 Å². The second-order valence-corrected chi connectivity index (χ2v) is 5.06. The standard InChI is InChI=1S/C9H8S.C4H10/c1-7-6-10-9-5-3-2-4-8(7)9;1-4(2)3/h2-6H,1H3;4H,1-3H3. The minimum Gasteiger partial charge on any atom is -0.144 e. The van der Waals surface area contributed by atoms with Crippen molar-refractivity contribution >= 4 is 21.4 Å². The van der Waals surface area contributed by atoms with E-state index in [9.17, 15) is 0 Å². The highest BCUT2D eigenvalue weighted by Gasteiger charge is 1.95. The molecule has 1 aromatic heterocycles. The molecule has 0 unspecified atom stereocenters. The molecule has 0 aliphatic rings. The first kappa shape index (κ1) is 11.3. The monoisotopic (exact) mass is 206 g/mol. The molecule has 0 amide bonds. The summed E-state index contributed by atoms with van der Waals surface area (Å²) in [5.41, 5.74) is 1.39. The highest BCUT2D eigenvalue weighted by atomic mass is 32.1. The summed E-state index contributed by atoms with van der Waals surface area (Å²) in [4.78, 5) is 0. The Bertz CT molecular complexity index is 382. The van der Waals surface area contributed by atoms with E-state index >= 15 is 0 Å². The smallest absolute Gasteiger partial charge is 0.0345 e. The van der Waals surface area contributed by atoms with Crippen LogP contribution in [0, 0.1) is 12.8 Å². The fraction of sp³-hybridized carbons (Fsp3) is 0.385. The summed E-state index contributed by atoms with van der Waals surface area (Å²) in [6, 6.07) is 8.49. The van der Waals surface area contributed by atoms with Crippen molar-refractivity contribution in [2.75, 3.05) is 0 Å². The topological polar surface area (TPSA) is 0 Å². The van der Waals surface area contributed by atoms with Gasteiger partial charge in [-0.3, -0.25) is 0 Å². The van der Waals surface area contributed by atoms with Crippen LogP contribution in [-0.2, 0) is 0 Å². The summed E-state index contributed by atoms with van der Waals surface area (Å²) >= 11 is 1.81. The third-order valence-electron chi connectivity index (χ3n) is 1.67. The number of fused-ring (bicyclic) bond motifs is 1. The van der Waals surface area contributed by atoms with Crippen molar-refractivity contribution in [2.45, 2.75) is 27.7 Å². The quantitative estimate of drug-likeness (QED) is 0.576. The molecule has 0 saturated heterocycles. The average molecular weight is 206 g/mol. The maximum Gasteiger partial charge on any atom is 0.0345 e. The van der Waals surface area contributed by atoms with Gasteiger partial charge >= 0.3 is 0 Å². The van der Waals surface area contributed by atoms with E-state index in [0.29, 0.717) is 0 Å². The average Bonchev–Trinajstić information content (AvgIpc) is 2.48. The fourth-order valence-corrected chi connectivity index (χ4v) is 2.05. The van der Waals surface area contributed by atoms with Crippen LogP contribution in [0.2, 0.25) is 0 Å². The number of rotatable bonds is 0. The molecule has 0 saturated carbocycles. The molecular formula is C13H18S. The summed E-state index contributed by atoms with van der Waals surface area (Å²) in [5, 5.41) is 3.59. The largest absolute Gasteiger partial charge is 0.144 e. The van der Waals surface area contributed by atoms with Gasteiger partial charge in [0, 0.05) is 4.70 Å². The molecule has 0 atom stereocenters. The minimum atomic E-state index is 0.833. The Hall–Kier alpha value is -0.820. The van der Waals surface area contributed by atoms with E-state index in [4.69, 9.17) is 0 Å². The summed E-state index contributed by atoms with van der Waals surface area (Å²) < 4.78 is 1.39. The van der Waals surface area contributed by atoms with Gasteiger partial charge in [0.05, 0.1) is 0 Å². The van der Waals surface area contributed by atoms with Crippen LogP contribution >= 0.6 is 11.3 Å². The van der Waals surface area contributed by atoms with E-state index < -0.39 is 0 Å². The van der Waals surface area contributed by atoms with Gasteiger partial charge < -0.3 is 0 Å². The zero-order valence-electron chi connectivity index (χ0n) is 9.37. The molecule has 0 fully saturated rings. The van der Waals surface area contributed by atoms with Crippen LogP contribution < -0.4 is 0 Å². The third-order valence-corrected chi connectivity index (χ3v) is 2.76. The molecule has 1 aromatic carbocycles. The maximum absolute atomic E-state index is 2.20. The summed E-state index contributed by atoms with van der Waals surface area (Å²) in [5.74, 6) is 0.833. The predicted octanol–water partition coefficient (Wildman–Crippen LogP) is 4.87. The van der Waals surface area contributed by atoms with Gasteiger partial charge in [0.2, 0.25) is 0 Å². The van der Waals surface area contributed by atoms with Crippen LogP contribution in [0.25, 0.3) is 10.1 Å². The molecule has 0 spiro atoms. The lowest BCUT2D eigenvalue weighted by Gasteiger charge is -1.86. The Labute approximate surface area is 90.6 Å². The van der Waals surface area contributed by atoms with E-state index in [1.807, 2.05) is 11.3 Å². The molecule has 1 heteroatoms. The second-order valence-electron chi connectivity index (χ2n) is 4.15. The highest BCUT2D eigenvalue weighted by molar-refractivity contribution is 7.17. The maximum atomic E-state index is 2.20. The summed E-state index contributed by atoms with van der Waals surface area (Å²) in [7, 11) is 0. The van der Waals surface area contributed by atoms with Crippen LogP contribution in [0.3, 0.4) is 0 Å². The van der Waals surface area contributed by atoms with Crippen molar-refractivity contribution in [3.8, 4) is 0 Å². The summed E-state index contributed by atoms with van der Waals surface area (Å²) in [6.45, 7) is 8.65. The Morgan fingerprint density at radius 3 is 2.21 bits per heavy atom. The van der Waals surface area contributed by atoms with E-state index in [0.717, 1.165) is 5.92 Å². The lowest BCUT2D eigenvalue weighted by Crippen LogP contribution is -1.66. The van der Waals surface area contributed by atoms with E-state index in [1.54, 1.807) is 0 Å². The third kappa shape index (κ3) is 3.15. The molecule has 0 nitrogen and oxygen atoms in total. The van der Waals surface area contributed by atoms with Gasteiger partial charge in [-0.1, -0.05) is 39.0 Å². The van der Waals surface area contributed by atoms with Gasteiger partial charge in [-0.15, -0.1) is 11.3 Å². The molecule has 0 aliphatic heterocycles. The van der Waals surface area contributed by atoms with Gasteiger partial charge in [0.25, 0.3) is 0 Å². The molecule has 1 heterocycles. The number of aryl methyl sites for hydroxylation is 1. The lowest BCUT2D eigenvalue weighted by atomic mass is 10.2. The zero-order valence-corrected chi connectivity index (χ0v) is 10.2. The second kappa shape index (κ2) is 5.16. The van der Waals surface area contributed by atoms with Gasteiger partial charge in [-0.25, -0.2) is 0 Å². The van der Waals surface area contributed by atoms with Crippen molar-refractivity contribution in [3.05, 3.63) is 35.2 Å². The van der Waals surface area contributed by atoms with Crippen LogP contribution in [-0.4, -0.2) is 0 Å². The molecule has 0 radical (unpaired) electrons. The molecule has 76 valence electrons. The molecule has 14 heavy (non-hydrogen) atoms. The first-order valence-electron chi connectivity index (χ1n) is 5.04. The molecule has 0 aliphatic carbocycles. The molecular weight excluding hydrogens is 188 g/mol. The molecule has 0 bridgehead atoms. The highest BCUT2D eigenvalue weighted by Crippen LogP contribution is 2.24. The van der Waals surface area contributed by atoms with Crippen molar-refractivity contribution in [3.63, 3.8) is 0 Å². The number of hydrogen-bond acceptors (Lipinski definition) is 1. The SMILES string of the molecule is CC(C)C.Cc1csc2ccccc12. The number of benzene rings is 1. The molecule has 2 aromatic rings. The van der Waals surface area contributed by atoms with Gasteiger partial charge in [-0.05, 0) is 35.2 Å². The zero-order chi connectivity index (χ0) is 10.6. The Kier molecular flexibility index (Phi) is 4.15. The van der Waals surface area contributed by atoms with E-state index in [2.05, 4.69) is 57.3 Å². The normalized spacial score (nSPS) is 10.1. The Balaban J connectivity index is 0.000000213. The van der Waals surface area contributed by atoms with Crippen molar-refractivity contribution in [2.24, 2.45) is 5.92 Å². The fourth-order valence-electron chi connectivity index (χ4n) is 1.11.